The van der Waals surface area contributed by atoms with E-state index in [-0.39, 0.29) is 31.5 Å². The molecule has 2 aromatic carbocycles. The van der Waals surface area contributed by atoms with Crippen LogP contribution in [0.1, 0.15) is 43.2 Å². The molecule has 0 spiro atoms. The second-order valence-electron chi connectivity index (χ2n) is 9.04. The highest BCUT2D eigenvalue weighted by atomic mass is 35.5. The highest BCUT2D eigenvalue weighted by Gasteiger charge is 2.50. The lowest BCUT2D eigenvalue weighted by Gasteiger charge is -2.41. The fourth-order valence-electron chi connectivity index (χ4n) is 4.86. The Morgan fingerprint density at radius 2 is 1.94 bits per heavy atom. The normalized spacial score (nSPS) is 22.2. The number of fused-ring (bicyclic) bond motifs is 3. The van der Waals surface area contributed by atoms with Crippen LogP contribution in [0, 0.1) is 0 Å². The van der Waals surface area contributed by atoms with Crippen molar-refractivity contribution in [2.24, 2.45) is 0 Å². The number of halogens is 2. The maximum absolute atomic E-state index is 13.4. The molecule has 0 aromatic heterocycles. The van der Waals surface area contributed by atoms with Gasteiger partial charge in [-0.2, -0.15) is 0 Å². The lowest BCUT2D eigenvalue weighted by Crippen LogP contribution is -2.55. The lowest BCUT2D eigenvalue weighted by atomic mass is 9.77. The van der Waals surface area contributed by atoms with Crippen molar-refractivity contribution in [3.63, 3.8) is 0 Å². The van der Waals surface area contributed by atoms with Crippen molar-refractivity contribution in [2.45, 2.75) is 56.9 Å². The number of carbonyl (C=O) groups is 2. The Bertz CT molecular complexity index is 1150. The molecule has 0 fully saturated rings. The Hall–Kier alpha value is -2.58. The van der Waals surface area contributed by atoms with Crippen LogP contribution in [-0.4, -0.2) is 58.3 Å². The molecule has 1 heterocycles. The molecule has 0 saturated heterocycles. The van der Waals surface area contributed by atoms with Crippen LogP contribution < -0.4 is 10.1 Å². The summed E-state index contributed by atoms with van der Waals surface area (Å²) in [5, 5.41) is 24.4. The molecule has 2 amide bonds. The summed E-state index contributed by atoms with van der Waals surface area (Å²) in [4.78, 5) is 28.2. The Labute approximate surface area is 220 Å². The standard InChI is InChI=1S/C27H30Cl2N2O5/c1-2-3-8-23(33)31(15-16-9-10-17(28)13-20(16)29)21-14-19(27(35)30-11-12-32)24-18-6-4-5-7-22(18)36-26(24)25(21)34/h4-7,9-10,13-14,21,24-26,32,34H,2-3,8,11-12,15H2,1H3,(H,30,35)/t21-,24+,25+,26+/m1/s1. The van der Waals surface area contributed by atoms with Crippen molar-refractivity contribution >= 4 is 35.0 Å². The summed E-state index contributed by atoms with van der Waals surface area (Å²) >= 11 is 12.5. The molecule has 0 bridgehead atoms. The number of carbonyl (C=O) groups excluding carboxylic acids is 2. The van der Waals surface area contributed by atoms with E-state index in [0.717, 1.165) is 12.0 Å². The maximum atomic E-state index is 13.4. The zero-order valence-electron chi connectivity index (χ0n) is 20.0. The van der Waals surface area contributed by atoms with Crippen molar-refractivity contribution < 1.29 is 24.5 Å². The van der Waals surface area contributed by atoms with Gasteiger partial charge in [0.2, 0.25) is 11.8 Å². The number of nitrogens with one attached hydrogen (secondary N) is 1. The molecule has 2 aliphatic rings. The first-order valence-corrected chi connectivity index (χ1v) is 12.9. The fourth-order valence-corrected chi connectivity index (χ4v) is 5.32. The van der Waals surface area contributed by atoms with Gasteiger partial charge in [-0.1, -0.05) is 60.8 Å². The summed E-state index contributed by atoms with van der Waals surface area (Å²) < 4.78 is 6.14. The minimum atomic E-state index is -1.09. The summed E-state index contributed by atoms with van der Waals surface area (Å²) in [7, 11) is 0. The third kappa shape index (κ3) is 5.39. The largest absolute Gasteiger partial charge is 0.486 e. The summed E-state index contributed by atoms with van der Waals surface area (Å²) in [6.45, 7) is 2.01. The average molecular weight is 533 g/mol. The smallest absolute Gasteiger partial charge is 0.247 e. The Kier molecular flexibility index (Phi) is 8.57. The number of aliphatic hydroxyl groups excluding tert-OH is 2. The molecular formula is C27H30Cl2N2O5. The highest BCUT2D eigenvalue weighted by Crippen LogP contribution is 2.47. The van der Waals surface area contributed by atoms with Gasteiger partial charge in [-0.25, -0.2) is 0 Å². The quantitative estimate of drug-likeness (QED) is 0.455. The van der Waals surface area contributed by atoms with Gasteiger partial charge in [-0.05, 0) is 36.3 Å². The number of hydrogen-bond acceptors (Lipinski definition) is 5. The van der Waals surface area contributed by atoms with E-state index in [9.17, 15) is 19.8 Å². The first-order chi connectivity index (χ1) is 17.3. The van der Waals surface area contributed by atoms with E-state index >= 15 is 0 Å². The van der Waals surface area contributed by atoms with Gasteiger partial charge in [0, 0.05) is 40.7 Å². The number of rotatable bonds is 9. The van der Waals surface area contributed by atoms with E-state index < -0.39 is 24.2 Å². The number of amides is 2. The molecule has 4 rings (SSSR count). The molecule has 0 unspecified atom stereocenters. The van der Waals surface area contributed by atoms with Gasteiger partial charge in [0.25, 0.3) is 0 Å². The van der Waals surface area contributed by atoms with Crippen LogP contribution >= 0.6 is 23.2 Å². The maximum Gasteiger partial charge on any atom is 0.247 e. The van der Waals surface area contributed by atoms with Crippen LogP contribution in [0.5, 0.6) is 5.75 Å². The SMILES string of the molecule is CCCCC(=O)N(Cc1ccc(Cl)cc1Cl)[C@@H]1C=C(C(=O)NCCO)[C@@H]2c3ccccc3O[C@@H]2[C@H]1O. The molecule has 0 saturated carbocycles. The molecule has 4 atom stereocenters. The van der Waals surface area contributed by atoms with Crippen LogP contribution in [0.2, 0.25) is 10.0 Å². The van der Waals surface area contributed by atoms with Gasteiger partial charge < -0.3 is 25.2 Å². The molecule has 9 heteroatoms. The van der Waals surface area contributed by atoms with Crippen LogP contribution in [0.15, 0.2) is 54.1 Å². The summed E-state index contributed by atoms with van der Waals surface area (Å²) in [5.41, 5.74) is 1.87. The minimum Gasteiger partial charge on any atom is -0.486 e. The van der Waals surface area contributed by atoms with Crippen LogP contribution in [0.25, 0.3) is 0 Å². The predicted octanol–water partition coefficient (Wildman–Crippen LogP) is 3.84. The topological polar surface area (TPSA) is 99.1 Å². The van der Waals surface area contributed by atoms with Gasteiger partial charge in [0.05, 0.1) is 18.6 Å². The van der Waals surface area contributed by atoms with Crippen LogP contribution in [0.4, 0.5) is 0 Å². The highest BCUT2D eigenvalue weighted by molar-refractivity contribution is 6.35. The van der Waals surface area contributed by atoms with Gasteiger partial charge in [0.15, 0.2) is 0 Å². The van der Waals surface area contributed by atoms with E-state index in [0.29, 0.717) is 39.8 Å². The third-order valence-corrected chi connectivity index (χ3v) is 7.24. The number of benzene rings is 2. The van der Waals surface area contributed by atoms with Crippen LogP contribution in [0.3, 0.4) is 0 Å². The average Bonchev–Trinajstić information content (AvgIpc) is 3.26. The number of unbranched alkanes of at least 4 members (excludes halogenated alkanes) is 1. The molecule has 1 aliphatic heterocycles. The molecule has 2 aromatic rings. The summed E-state index contributed by atoms with van der Waals surface area (Å²) in [6.07, 6.45) is 1.64. The molecule has 192 valence electrons. The van der Waals surface area contributed by atoms with E-state index in [4.69, 9.17) is 27.9 Å². The minimum absolute atomic E-state index is 0.0861. The van der Waals surface area contributed by atoms with E-state index in [2.05, 4.69) is 5.32 Å². The second kappa shape index (κ2) is 11.6. The Morgan fingerprint density at radius 3 is 2.67 bits per heavy atom. The first kappa shape index (κ1) is 26.5. The lowest BCUT2D eigenvalue weighted by molar-refractivity contribution is -0.138. The predicted molar refractivity (Wildman–Crippen MR) is 138 cm³/mol. The van der Waals surface area contributed by atoms with E-state index in [1.807, 2.05) is 25.1 Å². The molecule has 0 radical (unpaired) electrons. The number of para-hydroxylation sites is 1. The van der Waals surface area contributed by atoms with Gasteiger partial charge in [-0.3, -0.25) is 9.59 Å². The fraction of sp³-hybridized carbons (Fsp3) is 0.407. The van der Waals surface area contributed by atoms with Crippen molar-refractivity contribution in [2.75, 3.05) is 13.2 Å². The van der Waals surface area contributed by atoms with Crippen molar-refractivity contribution in [1.82, 2.24) is 10.2 Å². The number of aliphatic hydroxyl groups is 2. The van der Waals surface area contributed by atoms with Gasteiger partial charge in [0.1, 0.15) is 18.0 Å². The number of hydrogen-bond donors (Lipinski definition) is 3. The first-order valence-electron chi connectivity index (χ1n) is 12.1. The van der Waals surface area contributed by atoms with Crippen molar-refractivity contribution in [3.8, 4) is 5.75 Å². The molecule has 3 N–H and O–H groups in total. The zero-order valence-corrected chi connectivity index (χ0v) is 21.5. The number of nitrogens with zero attached hydrogens (tertiary/aromatic N) is 1. The van der Waals surface area contributed by atoms with Gasteiger partial charge >= 0.3 is 0 Å². The van der Waals surface area contributed by atoms with Crippen molar-refractivity contribution in [1.29, 1.82) is 0 Å². The molecule has 36 heavy (non-hydrogen) atoms. The van der Waals surface area contributed by atoms with Gasteiger partial charge in [-0.15, -0.1) is 0 Å². The zero-order chi connectivity index (χ0) is 25.8. The Balaban J connectivity index is 1.76. The Morgan fingerprint density at radius 1 is 1.17 bits per heavy atom. The van der Waals surface area contributed by atoms with Crippen LogP contribution in [-0.2, 0) is 16.1 Å². The molecule has 7 nitrogen and oxygen atoms in total. The second-order valence-corrected chi connectivity index (χ2v) is 9.89. The summed E-state index contributed by atoms with van der Waals surface area (Å²) in [5.74, 6) is -0.440. The molecule has 1 aliphatic carbocycles. The summed E-state index contributed by atoms with van der Waals surface area (Å²) in [6, 6.07) is 11.6. The van der Waals surface area contributed by atoms with Crippen molar-refractivity contribution in [3.05, 3.63) is 75.3 Å². The van der Waals surface area contributed by atoms with E-state index in [1.165, 1.54) is 0 Å². The van der Waals surface area contributed by atoms with E-state index in [1.54, 1.807) is 35.2 Å². The molecular weight excluding hydrogens is 503 g/mol. The third-order valence-electron chi connectivity index (χ3n) is 6.66. The number of ether oxygens (including phenoxy) is 1. The monoisotopic (exact) mass is 532 g/mol.